The highest BCUT2D eigenvalue weighted by Gasteiger charge is 2.48. The van der Waals surface area contributed by atoms with Crippen molar-refractivity contribution in [2.75, 3.05) is 14.1 Å². The molecule has 4 rings (SSSR count). The average molecular weight is 602 g/mol. The molecule has 2 aromatic carbocycles. The van der Waals surface area contributed by atoms with Crippen molar-refractivity contribution in [2.45, 2.75) is 71.6 Å². The van der Waals surface area contributed by atoms with E-state index in [1.165, 1.54) is 26.2 Å². The van der Waals surface area contributed by atoms with E-state index in [1.54, 1.807) is 42.0 Å². The summed E-state index contributed by atoms with van der Waals surface area (Å²) in [5.41, 5.74) is 2.43. The van der Waals surface area contributed by atoms with Crippen molar-refractivity contribution in [3.63, 3.8) is 0 Å². The zero-order valence-electron chi connectivity index (χ0n) is 25.2. The zero-order chi connectivity index (χ0) is 30.4. The van der Waals surface area contributed by atoms with Crippen LogP contribution in [0.2, 0.25) is 16.6 Å². The highest BCUT2D eigenvalue weighted by atomic mass is 32.2. The number of halogens is 1. The molecule has 0 spiro atoms. The Morgan fingerprint density at radius 1 is 0.976 bits per heavy atom. The van der Waals surface area contributed by atoms with E-state index in [0.29, 0.717) is 33.1 Å². The Balaban J connectivity index is 2.15. The first-order chi connectivity index (χ1) is 19.1. The summed E-state index contributed by atoms with van der Waals surface area (Å²) in [4.78, 5) is 4.65. The van der Waals surface area contributed by atoms with Gasteiger partial charge in [-0.1, -0.05) is 53.7 Å². The van der Waals surface area contributed by atoms with Crippen LogP contribution in [0.3, 0.4) is 0 Å². The van der Waals surface area contributed by atoms with Crippen LogP contribution in [0.1, 0.15) is 52.8 Å². The molecule has 0 radical (unpaired) electrons. The third kappa shape index (κ3) is 5.30. The number of rotatable bonds is 10. The summed E-state index contributed by atoms with van der Waals surface area (Å²) >= 11 is 0. The van der Waals surface area contributed by atoms with Crippen LogP contribution in [0.25, 0.3) is 21.7 Å². The van der Waals surface area contributed by atoms with Crippen LogP contribution in [0.4, 0.5) is 4.39 Å². The Kier molecular flexibility index (Phi) is 8.46. The molecule has 0 aliphatic rings. The third-order valence-corrected chi connectivity index (χ3v) is 15.3. The molecule has 0 saturated carbocycles. The van der Waals surface area contributed by atoms with Crippen LogP contribution in [-0.4, -0.2) is 49.8 Å². The second-order valence-electron chi connectivity index (χ2n) is 11.7. The number of fused-ring (bicyclic) bond motifs is 2. The van der Waals surface area contributed by atoms with Crippen molar-refractivity contribution in [1.29, 1.82) is 0 Å². The maximum atomic E-state index is 13.6. The second-order valence-corrected chi connectivity index (χ2v) is 18.8. The fourth-order valence-corrected chi connectivity index (χ4v) is 11.9. The van der Waals surface area contributed by atoms with Gasteiger partial charge in [-0.3, -0.25) is 4.98 Å². The minimum Gasteiger partial charge on any atom is -0.541 e. The van der Waals surface area contributed by atoms with Gasteiger partial charge in [0.2, 0.25) is 5.88 Å². The van der Waals surface area contributed by atoms with Gasteiger partial charge < -0.3 is 18.3 Å². The molecule has 0 unspecified atom stereocenters. The van der Waals surface area contributed by atoms with E-state index >= 15 is 0 Å². The highest BCUT2D eigenvalue weighted by molar-refractivity contribution is 7.84. The number of aromatic hydroxyl groups is 1. The van der Waals surface area contributed by atoms with Crippen LogP contribution >= 0.6 is 0 Å². The molecule has 0 amide bonds. The van der Waals surface area contributed by atoms with Crippen molar-refractivity contribution in [3.05, 3.63) is 59.7 Å². The van der Waals surface area contributed by atoms with Gasteiger partial charge >= 0.3 is 10.3 Å². The maximum Gasteiger partial charge on any atom is 0.384 e. The first-order valence-corrected chi connectivity index (χ1v) is 17.3. The molecule has 41 heavy (non-hydrogen) atoms. The molecule has 8 nitrogen and oxygen atoms in total. The molecule has 0 fully saturated rings. The van der Waals surface area contributed by atoms with E-state index in [-0.39, 0.29) is 40.6 Å². The summed E-state index contributed by atoms with van der Waals surface area (Å²) in [6.45, 7) is 15.0. The normalized spacial score (nSPS) is 12.9. The minimum absolute atomic E-state index is 0.0701. The van der Waals surface area contributed by atoms with Crippen molar-refractivity contribution < 1.29 is 26.5 Å². The zero-order valence-corrected chi connectivity index (χ0v) is 27.0. The first-order valence-electron chi connectivity index (χ1n) is 13.8. The number of benzene rings is 2. The van der Waals surface area contributed by atoms with Gasteiger partial charge in [0.25, 0.3) is 8.32 Å². The van der Waals surface area contributed by atoms with Gasteiger partial charge in [-0.05, 0) is 53.4 Å². The SMILES string of the molecule is Cc1c2c(OS(=O)(=O)N(C)C)c3cccnc3c(O[Si](C(C)C)(C(C)C)C(C)C)c2c(O)n1Cc1ccc(F)cc1. The van der Waals surface area contributed by atoms with Gasteiger partial charge in [0.15, 0.2) is 5.75 Å². The van der Waals surface area contributed by atoms with Crippen LogP contribution in [0, 0.1) is 12.7 Å². The second kappa shape index (κ2) is 11.3. The Morgan fingerprint density at radius 2 is 1.56 bits per heavy atom. The fourth-order valence-electron chi connectivity index (χ4n) is 6.10. The third-order valence-electron chi connectivity index (χ3n) is 8.09. The van der Waals surface area contributed by atoms with Gasteiger partial charge in [0, 0.05) is 31.4 Å². The van der Waals surface area contributed by atoms with Crippen LogP contribution in [-0.2, 0) is 16.8 Å². The number of aromatic nitrogens is 2. The van der Waals surface area contributed by atoms with Crippen molar-refractivity contribution >= 4 is 40.3 Å². The number of pyridine rings is 1. The quantitative estimate of drug-likeness (QED) is 0.194. The molecule has 0 aliphatic carbocycles. The lowest BCUT2D eigenvalue weighted by atomic mass is 10.1. The summed E-state index contributed by atoms with van der Waals surface area (Å²) in [6.07, 6.45) is 1.62. The Morgan fingerprint density at radius 3 is 2.10 bits per heavy atom. The molecule has 2 aromatic heterocycles. The Hall–Kier alpha value is -3.15. The highest BCUT2D eigenvalue weighted by Crippen LogP contribution is 2.52. The topological polar surface area (TPSA) is 93.9 Å². The molecule has 222 valence electrons. The predicted octanol–water partition coefficient (Wildman–Crippen LogP) is 7.13. The summed E-state index contributed by atoms with van der Waals surface area (Å²) in [5.74, 6) is 0.0325. The molecule has 1 N–H and O–H groups in total. The molecule has 0 bridgehead atoms. The predicted molar refractivity (Wildman–Crippen MR) is 164 cm³/mol. The van der Waals surface area contributed by atoms with Gasteiger partial charge in [0.1, 0.15) is 17.1 Å². The van der Waals surface area contributed by atoms with E-state index in [9.17, 15) is 17.9 Å². The summed E-state index contributed by atoms with van der Waals surface area (Å²) < 4.78 is 55.4. The Bertz CT molecular complexity index is 1660. The monoisotopic (exact) mass is 601 g/mol. The standard InChI is InChI=1S/C30H40FN3O5SSi/c1-18(2)41(19(3)4,20(5)6)39-29-26-25(21(7)34(30(26)35)17-22-12-14-23(31)15-13-22)28(38-40(36,37)33(8)9)24-11-10-16-32-27(24)29/h10-16,18-20,35H,17H2,1-9H3. The smallest absolute Gasteiger partial charge is 0.384 e. The van der Waals surface area contributed by atoms with E-state index in [2.05, 4.69) is 46.5 Å². The molecule has 2 heterocycles. The molecule has 4 aromatic rings. The van der Waals surface area contributed by atoms with E-state index in [4.69, 9.17) is 8.61 Å². The maximum absolute atomic E-state index is 13.6. The van der Waals surface area contributed by atoms with Gasteiger partial charge in [-0.25, -0.2) is 4.39 Å². The lowest BCUT2D eigenvalue weighted by Gasteiger charge is -2.42. The van der Waals surface area contributed by atoms with Gasteiger partial charge in [0.05, 0.1) is 17.3 Å². The molecular formula is C30H40FN3O5SSi. The van der Waals surface area contributed by atoms with Crippen LogP contribution in [0.15, 0.2) is 42.6 Å². The van der Waals surface area contributed by atoms with Crippen LogP contribution in [0.5, 0.6) is 17.4 Å². The number of aryl methyl sites for hydroxylation is 1. The lowest BCUT2D eigenvalue weighted by molar-refractivity contribution is 0.423. The van der Waals surface area contributed by atoms with Crippen molar-refractivity contribution in [2.24, 2.45) is 0 Å². The number of hydrogen-bond acceptors (Lipinski definition) is 6. The summed E-state index contributed by atoms with van der Waals surface area (Å²) in [5, 5.41) is 13.1. The first kappa shape index (κ1) is 30.8. The van der Waals surface area contributed by atoms with Gasteiger partial charge in [-0.2, -0.15) is 12.7 Å². The van der Waals surface area contributed by atoms with E-state index < -0.39 is 18.6 Å². The Labute approximate surface area is 243 Å². The average Bonchev–Trinajstić information content (AvgIpc) is 3.13. The summed E-state index contributed by atoms with van der Waals surface area (Å²) in [6, 6.07) is 9.50. The molecule has 0 aliphatic heterocycles. The van der Waals surface area contributed by atoms with E-state index in [0.717, 1.165) is 9.87 Å². The molecular weight excluding hydrogens is 561 g/mol. The molecule has 0 atom stereocenters. The van der Waals surface area contributed by atoms with Gasteiger partial charge in [-0.15, -0.1) is 0 Å². The molecule has 11 heteroatoms. The largest absolute Gasteiger partial charge is 0.541 e. The number of nitrogens with zero attached hydrogens (tertiary/aromatic N) is 3. The molecule has 0 saturated heterocycles. The van der Waals surface area contributed by atoms with Crippen molar-refractivity contribution in [3.8, 4) is 17.4 Å². The van der Waals surface area contributed by atoms with E-state index in [1.807, 2.05) is 0 Å². The number of hydrogen-bond donors (Lipinski definition) is 1. The lowest BCUT2D eigenvalue weighted by Crippen LogP contribution is -2.50. The minimum atomic E-state index is -4.17. The van der Waals surface area contributed by atoms with Crippen molar-refractivity contribution in [1.82, 2.24) is 13.9 Å². The van der Waals surface area contributed by atoms with Crippen LogP contribution < -0.4 is 8.61 Å². The summed E-state index contributed by atoms with van der Waals surface area (Å²) in [7, 11) is -3.95. The fraction of sp³-hybridized carbons (Fsp3) is 0.433.